The predicted octanol–water partition coefficient (Wildman–Crippen LogP) is 2.76. The summed E-state index contributed by atoms with van der Waals surface area (Å²) < 4.78 is 0. The van der Waals surface area contributed by atoms with Crippen molar-refractivity contribution in [1.82, 2.24) is 0 Å². The van der Waals surface area contributed by atoms with Crippen LogP contribution in [0.2, 0.25) is 0 Å². The summed E-state index contributed by atoms with van der Waals surface area (Å²) in [5.41, 5.74) is 1.38. The molecule has 0 bridgehead atoms. The summed E-state index contributed by atoms with van der Waals surface area (Å²) >= 11 is 4.46. The van der Waals surface area contributed by atoms with Crippen LogP contribution in [-0.2, 0) is 0 Å². The first kappa shape index (κ1) is 8.38. The highest BCUT2D eigenvalue weighted by molar-refractivity contribution is 7.78. The molecule has 0 aliphatic heterocycles. The molecule has 0 saturated carbocycles. The molecule has 1 rings (SSSR count). The van der Waals surface area contributed by atoms with Gasteiger partial charge in [0.05, 0.1) is 11.7 Å². The van der Waals surface area contributed by atoms with Gasteiger partial charge in [0.1, 0.15) is 0 Å². The van der Waals surface area contributed by atoms with Gasteiger partial charge in [-0.25, -0.2) is 4.99 Å². The summed E-state index contributed by atoms with van der Waals surface area (Å²) in [7, 11) is 0. The van der Waals surface area contributed by atoms with Gasteiger partial charge in [-0.05, 0) is 31.5 Å². The number of nitrogens with zero attached hydrogens (tertiary/aromatic N) is 1. The Morgan fingerprint density at radius 2 is 2.45 bits per heavy atom. The summed E-state index contributed by atoms with van der Waals surface area (Å²) in [6.07, 6.45) is 9.99. The Labute approximate surface area is 72.5 Å². The van der Waals surface area contributed by atoms with Gasteiger partial charge in [-0.1, -0.05) is 23.8 Å². The quantitative estimate of drug-likeness (QED) is 0.462. The van der Waals surface area contributed by atoms with E-state index in [4.69, 9.17) is 0 Å². The van der Waals surface area contributed by atoms with E-state index >= 15 is 0 Å². The molecule has 0 N–H and O–H groups in total. The Bertz CT molecular complexity index is 222. The highest BCUT2D eigenvalue weighted by Gasteiger charge is 1.95. The van der Waals surface area contributed by atoms with Gasteiger partial charge in [-0.3, -0.25) is 0 Å². The number of isothiocyanates is 1. The number of aliphatic imine (C=N–C) groups is 1. The summed E-state index contributed by atoms with van der Waals surface area (Å²) in [5.74, 6) is 0. The molecule has 0 aromatic heterocycles. The van der Waals surface area contributed by atoms with E-state index in [0.29, 0.717) is 0 Å². The van der Waals surface area contributed by atoms with Gasteiger partial charge in [-0.2, -0.15) is 0 Å². The van der Waals surface area contributed by atoms with Crippen LogP contribution in [0.25, 0.3) is 0 Å². The van der Waals surface area contributed by atoms with E-state index in [1.165, 1.54) is 18.4 Å². The molecule has 0 radical (unpaired) electrons. The fraction of sp³-hybridized carbons (Fsp3) is 0.444. The third-order valence-corrected chi connectivity index (χ3v) is 1.78. The third kappa shape index (κ3) is 3.26. The van der Waals surface area contributed by atoms with Crippen molar-refractivity contribution in [3.8, 4) is 0 Å². The van der Waals surface area contributed by atoms with Crippen LogP contribution in [0.15, 0.2) is 28.8 Å². The normalized spacial score (nSPS) is 15.5. The lowest BCUT2D eigenvalue weighted by Crippen LogP contribution is -1.87. The van der Waals surface area contributed by atoms with E-state index in [2.05, 4.69) is 40.6 Å². The SMILES string of the molecule is S=C=NCCC1=CCCC=C1. The minimum Gasteiger partial charge on any atom is -0.232 e. The van der Waals surface area contributed by atoms with Gasteiger partial charge >= 0.3 is 0 Å². The summed E-state index contributed by atoms with van der Waals surface area (Å²) in [6.45, 7) is 0.777. The van der Waals surface area contributed by atoms with Crippen LogP contribution in [0.5, 0.6) is 0 Å². The van der Waals surface area contributed by atoms with Crippen LogP contribution in [0.1, 0.15) is 19.3 Å². The number of allylic oxidation sites excluding steroid dienone is 3. The highest BCUT2D eigenvalue weighted by Crippen LogP contribution is 2.12. The monoisotopic (exact) mass is 165 g/mol. The highest BCUT2D eigenvalue weighted by atomic mass is 32.1. The van der Waals surface area contributed by atoms with E-state index in [9.17, 15) is 0 Å². The van der Waals surface area contributed by atoms with Crippen molar-refractivity contribution in [3.05, 3.63) is 23.8 Å². The maximum atomic E-state index is 4.46. The zero-order valence-electron chi connectivity index (χ0n) is 6.42. The second kappa shape index (κ2) is 5.00. The zero-order chi connectivity index (χ0) is 7.94. The lowest BCUT2D eigenvalue weighted by molar-refractivity contribution is 0.932. The minimum absolute atomic E-state index is 0.777. The van der Waals surface area contributed by atoms with Crippen molar-refractivity contribution >= 4 is 17.4 Å². The largest absolute Gasteiger partial charge is 0.232 e. The van der Waals surface area contributed by atoms with E-state index in [1.54, 1.807) is 0 Å². The Morgan fingerprint density at radius 3 is 3.09 bits per heavy atom. The molecule has 0 aromatic carbocycles. The fourth-order valence-electron chi connectivity index (χ4n) is 1.08. The van der Waals surface area contributed by atoms with Crippen LogP contribution in [-0.4, -0.2) is 11.7 Å². The first-order valence-corrected chi connectivity index (χ1v) is 4.23. The van der Waals surface area contributed by atoms with Gasteiger partial charge in [0.25, 0.3) is 0 Å². The minimum atomic E-state index is 0.777. The molecule has 0 fully saturated rings. The second-order valence-electron chi connectivity index (χ2n) is 2.48. The molecule has 1 aliphatic rings. The molecule has 0 amide bonds. The van der Waals surface area contributed by atoms with Crippen LogP contribution in [0.3, 0.4) is 0 Å². The third-order valence-electron chi connectivity index (χ3n) is 1.65. The van der Waals surface area contributed by atoms with E-state index < -0.39 is 0 Å². The van der Waals surface area contributed by atoms with Crippen LogP contribution < -0.4 is 0 Å². The number of thiocarbonyl (C=S) groups is 1. The van der Waals surface area contributed by atoms with Crippen molar-refractivity contribution in [2.24, 2.45) is 4.99 Å². The molecular formula is C9H11NS. The number of hydrogen-bond donors (Lipinski definition) is 0. The van der Waals surface area contributed by atoms with Crippen molar-refractivity contribution in [1.29, 1.82) is 0 Å². The first-order chi connectivity index (χ1) is 5.43. The number of rotatable bonds is 3. The molecule has 0 heterocycles. The van der Waals surface area contributed by atoms with Crippen molar-refractivity contribution in [2.45, 2.75) is 19.3 Å². The Morgan fingerprint density at radius 1 is 1.55 bits per heavy atom. The molecular weight excluding hydrogens is 154 g/mol. The maximum absolute atomic E-state index is 4.46. The average Bonchev–Trinajstić information content (AvgIpc) is 2.07. The van der Waals surface area contributed by atoms with Crippen molar-refractivity contribution in [3.63, 3.8) is 0 Å². The smallest absolute Gasteiger partial charge is 0.0585 e. The van der Waals surface area contributed by atoms with E-state index in [-0.39, 0.29) is 0 Å². The number of hydrogen-bond acceptors (Lipinski definition) is 2. The summed E-state index contributed by atoms with van der Waals surface area (Å²) in [4.78, 5) is 3.86. The van der Waals surface area contributed by atoms with Crippen LogP contribution in [0, 0.1) is 0 Å². The second-order valence-corrected chi connectivity index (χ2v) is 2.66. The molecule has 1 aliphatic carbocycles. The molecule has 0 aromatic rings. The molecule has 0 spiro atoms. The molecule has 2 heteroatoms. The Balaban J connectivity index is 2.30. The fourth-order valence-corrected chi connectivity index (χ4v) is 1.18. The molecule has 11 heavy (non-hydrogen) atoms. The zero-order valence-corrected chi connectivity index (χ0v) is 7.23. The Kier molecular flexibility index (Phi) is 3.81. The maximum Gasteiger partial charge on any atom is 0.0585 e. The van der Waals surface area contributed by atoms with Crippen LogP contribution >= 0.6 is 12.2 Å². The molecule has 0 saturated heterocycles. The lowest BCUT2D eigenvalue weighted by Gasteiger charge is -2.03. The standard InChI is InChI=1S/C9H11NS/c11-8-10-7-6-9-4-2-1-3-5-9/h2,4-5H,1,3,6-7H2. The van der Waals surface area contributed by atoms with Crippen molar-refractivity contribution < 1.29 is 0 Å². The van der Waals surface area contributed by atoms with Crippen molar-refractivity contribution in [2.75, 3.05) is 6.54 Å². The van der Waals surface area contributed by atoms with Gasteiger partial charge in [0, 0.05) is 0 Å². The van der Waals surface area contributed by atoms with Gasteiger partial charge < -0.3 is 0 Å². The summed E-state index contributed by atoms with van der Waals surface area (Å²) in [5, 5.41) is 2.36. The van der Waals surface area contributed by atoms with E-state index in [1.807, 2.05) is 0 Å². The predicted molar refractivity (Wildman–Crippen MR) is 51.0 cm³/mol. The first-order valence-electron chi connectivity index (χ1n) is 3.82. The van der Waals surface area contributed by atoms with Gasteiger partial charge in [-0.15, -0.1) is 0 Å². The Hall–Kier alpha value is -0.720. The topological polar surface area (TPSA) is 12.4 Å². The van der Waals surface area contributed by atoms with Crippen LogP contribution in [0.4, 0.5) is 0 Å². The van der Waals surface area contributed by atoms with Gasteiger partial charge in [0.2, 0.25) is 0 Å². The summed E-state index contributed by atoms with van der Waals surface area (Å²) in [6, 6.07) is 0. The molecule has 0 unspecified atom stereocenters. The molecule has 1 nitrogen and oxygen atoms in total. The lowest BCUT2D eigenvalue weighted by atomic mass is 10.0. The van der Waals surface area contributed by atoms with Gasteiger partial charge in [0.15, 0.2) is 0 Å². The van der Waals surface area contributed by atoms with E-state index in [0.717, 1.165) is 13.0 Å². The molecule has 58 valence electrons. The average molecular weight is 165 g/mol. The molecule has 0 atom stereocenters.